The molecule has 6 heteroatoms. The van der Waals surface area contributed by atoms with Crippen LogP contribution in [0.25, 0.3) is 0 Å². The molecule has 0 aliphatic carbocycles. The Morgan fingerprint density at radius 2 is 2.28 bits per heavy atom. The van der Waals surface area contributed by atoms with Gasteiger partial charge in [0.2, 0.25) is 0 Å². The molecule has 96 valence electrons. The molecule has 1 atom stereocenters. The molecule has 0 saturated carbocycles. The number of nitrogens with one attached hydrogen (secondary N) is 1. The lowest BCUT2D eigenvalue weighted by Crippen LogP contribution is -2.39. The van der Waals surface area contributed by atoms with E-state index in [1.165, 1.54) is 18.2 Å². The van der Waals surface area contributed by atoms with Gasteiger partial charge >= 0.3 is 6.09 Å². The molecule has 5 nitrogen and oxygen atoms in total. The lowest BCUT2D eigenvalue weighted by atomic mass is 10.00. The Morgan fingerprint density at radius 1 is 1.50 bits per heavy atom. The molecular formula is C12H12FNO4. The molecule has 1 aliphatic heterocycles. The van der Waals surface area contributed by atoms with Crippen molar-refractivity contribution in [3.05, 3.63) is 29.6 Å². The molecule has 1 aliphatic rings. The predicted octanol–water partition coefficient (Wildman–Crippen LogP) is 1.36. The largest absolute Gasteiger partial charge is 0.482 e. The van der Waals surface area contributed by atoms with Gasteiger partial charge in [-0.2, -0.15) is 0 Å². The third kappa shape index (κ3) is 2.77. The van der Waals surface area contributed by atoms with Crippen LogP contribution in [0.5, 0.6) is 5.75 Å². The summed E-state index contributed by atoms with van der Waals surface area (Å²) in [6.07, 6.45) is -0.955. The van der Waals surface area contributed by atoms with Crippen LogP contribution in [0.3, 0.4) is 0 Å². The number of Topliss-reactive ketones (excluding diaryl/α,β-unsaturated/α-hetero) is 1. The molecule has 0 radical (unpaired) electrons. The van der Waals surface area contributed by atoms with Crippen molar-refractivity contribution in [1.29, 1.82) is 0 Å². The number of carbonyl (C=O) groups excluding carboxylic acids is 1. The number of fused-ring (bicyclic) bond motifs is 1. The summed E-state index contributed by atoms with van der Waals surface area (Å²) < 4.78 is 18.4. The van der Waals surface area contributed by atoms with Gasteiger partial charge in [-0.3, -0.25) is 4.79 Å². The lowest BCUT2D eigenvalue weighted by Gasteiger charge is -2.25. The summed E-state index contributed by atoms with van der Waals surface area (Å²) in [6, 6.07) is 4.13. The van der Waals surface area contributed by atoms with Gasteiger partial charge in [-0.1, -0.05) is 0 Å². The Hall–Kier alpha value is -2.11. The molecule has 1 heterocycles. The minimum atomic E-state index is -1.25. The fraction of sp³-hybridized carbons (Fsp3) is 0.333. The number of hydrogen-bond donors (Lipinski definition) is 2. The van der Waals surface area contributed by atoms with Crippen molar-refractivity contribution in [2.75, 3.05) is 6.54 Å². The maximum Gasteiger partial charge on any atom is 0.405 e. The van der Waals surface area contributed by atoms with E-state index in [1.807, 2.05) is 5.32 Å². The maximum absolute atomic E-state index is 13.0. The van der Waals surface area contributed by atoms with Crippen molar-refractivity contribution in [3.63, 3.8) is 0 Å². The molecule has 1 aromatic carbocycles. The zero-order valence-corrected chi connectivity index (χ0v) is 9.48. The van der Waals surface area contributed by atoms with Gasteiger partial charge in [0, 0.05) is 0 Å². The number of ketones is 1. The second kappa shape index (κ2) is 5.03. The standard InChI is InChI=1S/C12H12FNO4/c13-8-2-4-10-7(5-8)1-3-11(18-10)9(15)6-14-12(16)17/h2,4-5,11,14H,1,3,6H2,(H,16,17). The van der Waals surface area contributed by atoms with Crippen LogP contribution in [-0.2, 0) is 11.2 Å². The van der Waals surface area contributed by atoms with Crippen LogP contribution >= 0.6 is 0 Å². The van der Waals surface area contributed by atoms with Crippen LogP contribution in [0.15, 0.2) is 18.2 Å². The van der Waals surface area contributed by atoms with E-state index in [-0.39, 0.29) is 18.1 Å². The molecule has 0 aromatic heterocycles. The SMILES string of the molecule is O=C(O)NCC(=O)C1CCc2cc(F)ccc2O1. The molecule has 0 spiro atoms. The minimum absolute atomic E-state index is 0.281. The normalized spacial score (nSPS) is 17.5. The van der Waals surface area contributed by atoms with Crippen molar-refractivity contribution >= 4 is 11.9 Å². The first-order valence-electron chi connectivity index (χ1n) is 5.51. The zero-order chi connectivity index (χ0) is 13.1. The average Bonchev–Trinajstić information content (AvgIpc) is 2.35. The predicted molar refractivity (Wildman–Crippen MR) is 60.2 cm³/mol. The molecular weight excluding hydrogens is 241 g/mol. The van der Waals surface area contributed by atoms with Gasteiger partial charge in [-0.15, -0.1) is 0 Å². The van der Waals surface area contributed by atoms with Gasteiger partial charge in [0.15, 0.2) is 11.9 Å². The van der Waals surface area contributed by atoms with E-state index in [2.05, 4.69) is 0 Å². The van der Waals surface area contributed by atoms with Crippen LogP contribution in [0.1, 0.15) is 12.0 Å². The maximum atomic E-state index is 13.0. The highest BCUT2D eigenvalue weighted by atomic mass is 19.1. The smallest absolute Gasteiger partial charge is 0.405 e. The molecule has 0 bridgehead atoms. The van der Waals surface area contributed by atoms with Crippen LogP contribution in [0.2, 0.25) is 0 Å². The number of carboxylic acid groups (broad SMARTS) is 1. The molecule has 1 aromatic rings. The van der Waals surface area contributed by atoms with E-state index < -0.39 is 12.2 Å². The first-order chi connectivity index (χ1) is 8.56. The molecule has 1 amide bonds. The number of halogens is 1. The van der Waals surface area contributed by atoms with Crippen LogP contribution in [0.4, 0.5) is 9.18 Å². The Bertz CT molecular complexity index is 489. The van der Waals surface area contributed by atoms with Crippen molar-refractivity contribution in [1.82, 2.24) is 5.32 Å². The minimum Gasteiger partial charge on any atom is -0.482 e. The quantitative estimate of drug-likeness (QED) is 0.852. The Labute approximate surface area is 103 Å². The van der Waals surface area contributed by atoms with E-state index >= 15 is 0 Å². The number of benzene rings is 1. The Morgan fingerprint density at radius 3 is 3.00 bits per heavy atom. The summed E-state index contributed by atoms with van der Waals surface area (Å²) in [5, 5.41) is 10.4. The van der Waals surface area contributed by atoms with Crippen molar-refractivity contribution in [3.8, 4) is 5.75 Å². The number of hydrogen-bond acceptors (Lipinski definition) is 3. The number of aryl methyl sites for hydroxylation is 1. The Kier molecular flexibility index (Phi) is 3.45. The van der Waals surface area contributed by atoms with E-state index in [1.54, 1.807) is 0 Å². The monoisotopic (exact) mass is 253 g/mol. The van der Waals surface area contributed by atoms with Crippen LogP contribution in [-0.4, -0.2) is 29.6 Å². The third-order valence-corrected chi connectivity index (χ3v) is 2.74. The summed E-state index contributed by atoms with van der Waals surface area (Å²) >= 11 is 0. The molecule has 0 saturated heterocycles. The summed E-state index contributed by atoms with van der Waals surface area (Å²) in [4.78, 5) is 21.9. The first kappa shape index (κ1) is 12.3. The molecule has 2 rings (SSSR count). The summed E-state index contributed by atoms with van der Waals surface area (Å²) in [7, 11) is 0. The third-order valence-electron chi connectivity index (χ3n) is 2.74. The molecule has 2 N–H and O–H groups in total. The average molecular weight is 253 g/mol. The van der Waals surface area contributed by atoms with Crippen LogP contribution < -0.4 is 10.1 Å². The second-order valence-corrected chi connectivity index (χ2v) is 4.02. The van der Waals surface area contributed by atoms with Gasteiger partial charge in [-0.25, -0.2) is 9.18 Å². The van der Waals surface area contributed by atoms with Gasteiger partial charge in [0.1, 0.15) is 11.6 Å². The number of rotatable bonds is 3. The van der Waals surface area contributed by atoms with E-state index in [4.69, 9.17) is 9.84 Å². The number of ether oxygens (including phenoxy) is 1. The Balaban J connectivity index is 2.01. The first-order valence-corrected chi connectivity index (χ1v) is 5.51. The highest BCUT2D eigenvalue weighted by Crippen LogP contribution is 2.28. The van der Waals surface area contributed by atoms with Gasteiger partial charge < -0.3 is 15.2 Å². The second-order valence-electron chi connectivity index (χ2n) is 4.02. The number of carbonyl (C=O) groups is 2. The van der Waals surface area contributed by atoms with E-state index in [9.17, 15) is 14.0 Å². The topological polar surface area (TPSA) is 75.6 Å². The lowest BCUT2D eigenvalue weighted by molar-refractivity contribution is -0.125. The van der Waals surface area contributed by atoms with Crippen molar-refractivity contribution in [2.24, 2.45) is 0 Å². The van der Waals surface area contributed by atoms with Gasteiger partial charge in [-0.05, 0) is 36.6 Å². The van der Waals surface area contributed by atoms with Crippen molar-refractivity contribution in [2.45, 2.75) is 18.9 Å². The fourth-order valence-corrected chi connectivity index (χ4v) is 1.86. The van der Waals surface area contributed by atoms with Gasteiger partial charge in [0.25, 0.3) is 0 Å². The summed E-state index contributed by atoms with van der Waals surface area (Å²) in [5.74, 6) is -0.182. The zero-order valence-electron chi connectivity index (χ0n) is 9.48. The van der Waals surface area contributed by atoms with E-state index in [0.717, 1.165) is 5.56 Å². The van der Waals surface area contributed by atoms with Crippen molar-refractivity contribution < 1.29 is 23.8 Å². The van der Waals surface area contributed by atoms with E-state index in [0.29, 0.717) is 18.6 Å². The highest BCUT2D eigenvalue weighted by molar-refractivity contribution is 5.87. The molecule has 18 heavy (non-hydrogen) atoms. The summed E-state index contributed by atoms with van der Waals surface area (Å²) in [6.45, 7) is -0.281. The van der Waals surface area contributed by atoms with Crippen LogP contribution in [0, 0.1) is 5.82 Å². The molecule has 1 unspecified atom stereocenters. The number of amides is 1. The summed E-state index contributed by atoms with van der Waals surface area (Å²) in [5.41, 5.74) is 0.727. The fourth-order valence-electron chi connectivity index (χ4n) is 1.86. The van der Waals surface area contributed by atoms with Gasteiger partial charge in [0.05, 0.1) is 6.54 Å². The molecule has 0 fully saturated rings. The highest BCUT2D eigenvalue weighted by Gasteiger charge is 2.26.